The van der Waals surface area contributed by atoms with Crippen molar-refractivity contribution in [1.29, 1.82) is 0 Å². The van der Waals surface area contributed by atoms with Gasteiger partial charge in [0.1, 0.15) is 5.01 Å². The minimum atomic E-state index is -4.41. The van der Waals surface area contributed by atoms with Crippen LogP contribution >= 0.6 is 11.3 Å². The number of alkyl halides is 3. The topological polar surface area (TPSA) is 68.0 Å². The van der Waals surface area contributed by atoms with Gasteiger partial charge in [-0.3, -0.25) is 4.68 Å². The van der Waals surface area contributed by atoms with Crippen molar-refractivity contribution in [3.05, 3.63) is 57.7 Å². The number of rotatable bonds is 4. The predicted molar refractivity (Wildman–Crippen MR) is 85.6 cm³/mol. The first kappa shape index (κ1) is 17.2. The molecule has 5 nitrogen and oxygen atoms in total. The predicted octanol–water partition coefficient (Wildman–Crippen LogP) is 4.08. The Kier molecular flexibility index (Phi) is 4.34. The Morgan fingerprint density at radius 2 is 2.08 bits per heavy atom. The summed E-state index contributed by atoms with van der Waals surface area (Å²) in [5.74, 6) is -1.08. The molecule has 25 heavy (non-hydrogen) atoms. The number of aromatic nitrogens is 3. The lowest BCUT2D eigenvalue weighted by Crippen LogP contribution is -2.05. The summed E-state index contributed by atoms with van der Waals surface area (Å²) in [5.41, 5.74) is 0.680. The van der Waals surface area contributed by atoms with E-state index in [0.717, 1.165) is 12.1 Å². The highest BCUT2D eigenvalue weighted by Crippen LogP contribution is 2.33. The summed E-state index contributed by atoms with van der Waals surface area (Å²) in [6.07, 6.45) is -1.81. The summed E-state index contributed by atoms with van der Waals surface area (Å²) in [7, 11) is 0. The number of aryl methyl sites for hydroxylation is 1. The van der Waals surface area contributed by atoms with Crippen molar-refractivity contribution in [2.24, 2.45) is 0 Å². The number of hydrogen-bond donors (Lipinski definition) is 1. The summed E-state index contributed by atoms with van der Waals surface area (Å²) in [4.78, 5) is 15.2. The van der Waals surface area contributed by atoms with Gasteiger partial charge >= 0.3 is 12.1 Å². The highest BCUT2D eigenvalue weighted by molar-refractivity contribution is 7.09. The molecule has 0 amide bonds. The minimum Gasteiger partial charge on any atom is -0.478 e. The zero-order chi connectivity index (χ0) is 18.2. The Bertz CT molecular complexity index is 931. The third kappa shape index (κ3) is 3.87. The van der Waals surface area contributed by atoms with E-state index in [-0.39, 0.29) is 12.1 Å². The third-order valence-electron chi connectivity index (χ3n) is 3.43. The van der Waals surface area contributed by atoms with Gasteiger partial charge in [0.2, 0.25) is 0 Å². The third-order valence-corrected chi connectivity index (χ3v) is 4.26. The molecular formula is C16H12F3N3O2S. The maximum Gasteiger partial charge on any atom is 0.416 e. The van der Waals surface area contributed by atoms with Crippen LogP contribution in [0.1, 0.15) is 26.5 Å². The van der Waals surface area contributed by atoms with Crippen molar-refractivity contribution in [1.82, 2.24) is 14.8 Å². The van der Waals surface area contributed by atoms with Crippen molar-refractivity contribution in [3.63, 3.8) is 0 Å². The Morgan fingerprint density at radius 3 is 2.72 bits per heavy atom. The number of nitrogens with zero attached hydrogens (tertiary/aromatic N) is 3. The van der Waals surface area contributed by atoms with Crippen LogP contribution in [0.15, 0.2) is 36.0 Å². The van der Waals surface area contributed by atoms with E-state index in [9.17, 15) is 18.0 Å². The first-order valence-electron chi connectivity index (χ1n) is 7.12. The number of carboxylic acid groups (broad SMARTS) is 1. The van der Waals surface area contributed by atoms with Crippen molar-refractivity contribution in [2.45, 2.75) is 19.6 Å². The Hall–Kier alpha value is -2.68. The maximum absolute atomic E-state index is 12.9. The lowest BCUT2D eigenvalue weighted by atomic mass is 10.0. The smallest absolute Gasteiger partial charge is 0.416 e. The molecule has 0 unspecified atom stereocenters. The molecule has 0 spiro atoms. The van der Waals surface area contributed by atoms with Gasteiger partial charge in [0.05, 0.1) is 29.6 Å². The van der Waals surface area contributed by atoms with E-state index in [1.165, 1.54) is 28.4 Å². The van der Waals surface area contributed by atoms with Crippen LogP contribution in [0.25, 0.3) is 11.3 Å². The van der Waals surface area contributed by atoms with Crippen LogP contribution < -0.4 is 0 Å². The van der Waals surface area contributed by atoms with Gasteiger partial charge in [0.15, 0.2) is 0 Å². The van der Waals surface area contributed by atoms with E-state index >= 15 is 0 Å². The highest BCUT2D eigenvalue weighted by Gasteiger charge is 2.31. The quantitative estimate of drug-likeness (QED) is 0.754. The average molecular weight is 367 g/mol. The number of carboxylic acids is 1. The Labute approximate surface area is 144 Å². The molecule has 0 aliphatic carbocycles. The lowest BCUT2D eigenvalue weighted by Gasteiger charge is -2.09. The second kappa shape index (κ2) is 6.32. The van der Waals surface area contributed by atoms with Gasteiger partial charge in [-0.2, -0.15) is 18.3 Å². The second-order valence-corrected chi connectivity index (χ2v) is 6.39. The van der Waals surface area contributed by atoms with Crippen molar-refractivity contribution in [3.8, 4) is 11.3 Å². The summed E-state index contributed by atoms with van der Waals surface area (Å²) < 4.78 is 40.3. The van der Waals surface area contributed by atoms with E-state index in [1.54, 1.807) is 18.4 Å². The lowest BCUT2D eigenvalue weighted by molar-refractivity contribution is -0.137. The molecule has 3 aromatic rings. The molecular weight excluding hydrogens is 355 g/mol. The second-order valence-electron chi connectivity index (χ2n) is 5.44. The van der Waals surface area contributed by atoms with Gasteiger partial charge in [0.25, 0.3) is 0 Å². The Balaban J connectivity index is 1.86. The van der Waals surface area contributed by atoms with Crippen LogP contribution in [-0.2, 0) is 12.7 Å². The first-order valence-corrected chi connectivity index (χ1v) is 8.00. The molecule has 1 N–H and O–H groups in total. The van der Waals surface area contributed by atoms with Crippen molar-refractivity contribution < 1.29 is 23.1 Å². The molecule has 3 rings (SSSR count). The van der Waals surface area contributed by atoms with Gasteiger partial charge in [-0.25, -0.2) is 9.78 Å². The molecule has 2 aromatic heterocycles. The van der Waals surface area contributed by atoms with Crippen LogP contribution in [0.4, 0.5) is 13.2 Å². The van der Waals surface area contributed by atoms with Crippen LogP contribution in [0.2, 0.25) is 0 Å². The van der Waals surface area contributed by atoms with Gasteiger partial charge in [-0.15, -0.1) is 11.3 Å². The van der Waals surface area contributed by atoms with E-state index in [1.807, 2.05) is 0 Å². The van der Waals surface area contributed by atoms with E-state index in [0.29, 0.717) is 21.8 Å². The molecule has 0 saturated heterocycles. The summed E-state index contributed by atoms with van der Waals surface area (Å²) in [6, 6.07) is 3.81. The van der Waals surface area contributed by atoms with Gasteiger partial charge < -0.3 is 5.11 Å². The number of aromatic carboxylic acids is 1. The number of carbonyl (C=O) groups is 1. The zero-order valence-corrected chi connectivity index (χ0v) is 13.7. The van der Waals surface area contributed by atoms with Crippen molar-refractivity contribution >= 4 is 17.3 Å². The van der Waals surface area contributed by atoms with Gasteiger partial charge in [-0.05, 0) is 30.7 Å². The fraction of sp³-hybridized carbons (Fsp3) is 0.188. The standard InChI is InChI=1S/C16H12F3N3O2S/c1-9-2-10(4-12(3-9)16(17,18)19)13-8-25-14(21-13)7-22-6-11(5-20-22)15(23)24/h2-6,8H,7H2,1H3,(H,23,24). The monoisotopic (exact) mass is 367 g/mol. The fourth-order valence-corrected chi connectivity index (χ4v) is 3.10. The first-order chi connectivity index (χ1) is 11.7. The van der Waals surface area contributed by atoms with Crippen LogP contribution in [0.5, 0.6) is 0 Å². The SMILES string of the molecule is Cc1cc(-c2csc(Cn3cc(C(=O)O)cn3)n2)cc(C(F)(F)F)c1. The van der Waals surface area contributed by atoms with Crippen LogP contribution in [-0.4, -0.2) is 25.8 Å². The largest absolute Gasteiger partial charge is 0.478 e. The molecule has 1 aromatic carbocycles. The number of hydrogen-bond acceptors (Lipinski definition) is 4. The van der Waals surface area contributed by atoms with Crippen LogP contribution in [0, 0.1) is 6.92 Å². The fourth-order valence-electron chi connectivity index (χ4n) is 2.31. The van der Waals surface area contributed by atoms with Gasteiger partial charge in [0, 0.05) is 17.1 Å². The van der Waals surface area contributed by atoms with Gasteiger partial charge in [-0.1, -0.05) is 0 Å². The number of halogens is 3. The molecule has 0 aliphatic heterocycles. The molecule has 2 heterocycles. The minimum absolute atomic E-state index is 0.0604. The number of thiazole rings is 1. The molecule has 0 atom stereocenters. The highest BCUT2D eigenvalue weighted by atomic mass is 32.1. The molecule has 0 bridgehead atoms. The zero-order valence-electron chi connectivity index (χ0n) is 12.9. The molecule has 0 fully saturated rings. The molecule has 9 heteroatoms. The summed E-state index contributed by atoms with van der Waals surface area (Å²) in [6.45, 7) is 1.85. The number of benzene rings is 1. The maximum atomic E-state index is 12.9. The van der Waals surface area contributed by atoms with Crippen LogP contribution in [0.3, 0.4) is 0 Å². The normalized spacial score (nSPS) is 11.7. The van der Waals surface area contributed by atoms with Crippen molar-refractivity contribution in [2.75, 3.05) is 0 Å². The average Bonchev–Trinajstić information content (AvgIpc) is 3.15. The molecule has 0 aliphatic rings. The summed E-state index contributed by atoms with van der Waals surface area (Å²) >= 11 is 1.28. The molecule has 0 saturated carbocycles. The molecule has 0 radical (unpaired) electrons. The summed E-state index contributed by atoms with van der Waals surface area (Å²) in [5, 5.41) is 15.1. The molecule has 130 valence electrons. The van der Waals surface area contributed by atoms with E-state index in [2.05, 4.69) is 10.1 Å². The Morgan fingerprint density at radius 1 is 1.32 bits per heavy atom. The van der Waals surface area contributed by atoms with E-state index < -0.39 is 17.7 Å². The van der Waals surface area contributed by atoms with E-state index in [4.69, 9.17) is 5.11 Å².